The Bertz CT molecular complexity index is 334. The van der Waals surface area contributed by atoms with E-state index in [0.29, 0.717) is 12.8 Å². The predicted octanol–water partition coefficient (Wildman–Crippen LogP) is 1.22. The van der Waals surface area contributed by atoms with Gasteiger partial charge in [0.2, 0.25) is 5.91 Å². The van der Waals surface area contributed by atoms with E-state index in [1.54, 1.807) is 0 Å². The zero-order valence-corrected chi connectivity index (χ0v) is 12.0. The Morgan fingerprint density at radius 2 is 2.21 bits per heavy atom. The van der Waals surface area contributed by atoms with Crippen molar-refractivity contribution in [2.24, 2.45) is 16.3 Å². The average Bonchev–Trinajstić information content (AvgIpc) is 2.94. The van der Waals surface area contributed by atoms with E-state index in [1.165, 1.54) is 0 Å². The van der Waals surface area contributed by atoms with Gasteiger partial charge >= 0.3 is 0 Å². The van der Waals surface area contributed by atoms with Crippen LogP contribution >= 0.6 is 0 Å². The molecule has 1 amide bonds. The minimum Gasteiger partial charge on any atom is -0.409 e. The van der Waals surface area contributed by atoms with Gasteiger partial charge in [0.05, 0.1) is 12.1 Å². The highest BCUT2D eigenvalue weighted by Gasteiger charge is 2.41. The summed E-state index contributed by atoms with van der Waals surface area (Å²) in [7, 11) is 0. The molecule has 1 aliphatic rings. The van der Waals surface area contributed by atoms with Crippen molar-refractivity contribution in [1.82, 2.24) is 5.32 Å². The minimum absolute atomic E-state index is 0.0328. The molecule has 1 fully saturated rings. The lowest BCUT2D eigenvalue weighted by atomic mass is 9.80. The van der Waals surface area contributed by atoms with Crippen LogP contribution in [-0.2, 0) is 9.53 Å². The van der Waals surface area contributed by atoms with Crippen molar-refractivity contribution in [1.29, 1.82) is 0 Å². The molecule has 0 aromatic heterocycles. The zero-order valence-electron chi connectivity index (χ0n) is 12.0. The lowest BCUT2D eigenvalue weighted by Crippen LogP contribution is -2.53. The van der Waals surface area contributed by atoms with E-state index in [-0.39, 0.29) is 23.9 Å². The molecule has 1 saturated heterocycles. The molecule has 6 nitrogen and oxygen atoms in total. The predicted molar refractivity (Wildman–Crippen MR) is 73.0 cm³/mol. The van der Waals surface area contributed by atoms with Crippen molar-refractivity contribution in [2.45, 2.75) is 58.6 Å². The van der Waals surface area contributed by atoms with Gasteiger partial charge in [-0.2, -0.15) is 0 Å². The number of rotatable bonds is 6. The van der Waals surface area contributed by atoms with Crippen molar-refractivity contribution in [3.8, 4) is 0 Å². The summed E-state index contributed by atoms with van der Waals surface area (Å²) in [4.78, 5) is 12.5. The summed E-state index contributed by atoms with van der Waals surface area (Å²) in [5.74, 6) is -0.231. The molecule has 0 saturated carbocycles. The fraction of sp³-hybridized carbons (Fsp3) is 0.846. The standard InChI is InChI=1S/C13H25N3O3/c1-4-13(5-2,11(14)16-18)12(17)15-9(3)10-7-6-8-19-10/h9-10,18H,4-8H2,1-3H3,(H2,14,16)(H,15,17). The molecule has 6 heteroatoms. The summed E-state index contributed by atoms with van der Waals surface area (Å²) in [6.07, 6.45) is 3.02. The lowest BCUT2D eigenvalue weighted by molar-refractivity contribution is -0.129. The van der Waals surface area contributed by atoms with Crippen LogP contribution in [0.4, 0.5) is 0 Å². The van der Waals surface area contributed by atoms with Gasteiger partial charge in [0.25, 0.3) is 0 Å². The molecule has 1 aliphatic heterocycles. The van der Waals surface area contributed by atoms with Gasteiger partial charge < -0.3 is 21.0 Å². The van der Waals surface area contributed by atoms with Crippen LogP contribution in [0.5, 0.6) is 0 Å². The number of ether oxygens (including phenoxy) is 1. The summed E-state index contributed by atoms with van der Waals surface area (Å²) in [6, 6.07) is -0.0704. The maximum absolute atomic E-state index is 12.5. The number of nitrogens with zero attached hydrogens (tertiary/aromatic N) is 1. The normalized spacial score (nSPS) is 22.3. The third-order valence-corrected chi connectivity index (χ3v) is 4.12. The third-order valence-electron chi connectivity index (χ3n) is 4.12. The summed E-state index contributed by atoms with van der Waals surface area (Å²) in [5, 5.41) is 14.9. The second kappa shape index (κ2) is 6.75. The highest BCUT2D eigenvalue weighted by Crippen LogP contribution is 2.28. The Morgan fingerprint density at radius 3 is 2.63 bits per heavy atom. The summed E-state index contributed by atoms with van der Waals surface area (Å²) < 4.78 is 5.56. The summed E-state index contributed by atoms with van der Waals surface area (Å²) >= 11 is 0. The molecule has 0 bridgehead atoms. The van der Waals surface area contributed by atoms with Crippen LogP contribution < -0.4 is 11.1 Å². The Kier molecular flexibility index (Phi) is 5.60. The maximum Gasteiger partial charge on any atom is 0.234 e. The van der Waals surface area contributed by atoms with Gasteiger partial charge in [-0.3, -0.25) is 4.79 Å². The molecule has 0 aromatic rings. The smallest absolute Gasteiger partial charge is 0.234 e. The number of amidine groups is 1. The Morgan fingerprint density at radius 1 is 1.58 bits per heavy atom. The number of hydrogen-bond donors (Lipinski definition) is 3. The van der Waals surface area contributed by atoms with Crippen molar-refractivity contribution >= 4 is 11.7 Å². The van der Waals surface area contributed by atoms with E-state index in [1.807, 2.05) is 20.8 Å². The molecule has 1 heterocycles. The number of hydrogen-bond acceptors (Lipinski definition) is 4. The molecule has 0 aliphatic carbocycles. The van der Waals surface area contributed by atoms with Gasteiger partial charge in [0.15, 0.2) is 5.84 Å². The quantitative estimate of drug-likeness (QED) is 0.293. The van der Waals surface area contributed by atoms with Gasteiger partial charge in [-0.25, -0.2) is 0 Å². The topological polar surface area (TPSA) is 96.9 Å². The van der Waals surface area contributed by atoms with E-state index in [2.05, 4.69) is 10.5 Å². The van der Waals surface area contributed by atoms with Gasteiger partial charge in [-0.05, 0) is 32.6 Å². The average molecular weight is 271 g/mol. The molecule has 0 aromatic carbocycles. The van der Waals surface area contributed by atoms with Crippen LogP contribution in [0.1, 0.15) is 46.5 Å². The third kappa shape index (κ3) is 3.18. The number of amides is 1. The minimum atomic E-state index is -0.943. The summed E-state index contributed by atoms with van der Waals surface area (Å²) in [5.41, 5.74) is 4.77. The van der Waals surface area contributed by atoms with Crippen molar-refractivity contribution in [2.75, 3.05) is 6.61 Å². The number of nitrogens with two attached hydrogens (primary N) is 1. The van der Waals surface area contributed by atoms with E-state index >= 15 is 0 Å². The Hall–Kier alpha value is -1.30. The molecular formula is C13H25N3O3. The van der Waals surface area contributed by atoms with Gasteiger partial charge in [-0.1, -0.05) is 19.0 Å². The summed E-state index contributed by atoms with van der Waals surface area (Å²) in [6.45, 7) is 6.39. The molecule has 0 radical (unpaired) electrons. The molecule has 19 heavy (non-hydrogen) atoms. The number of carbonyl (C=O) groups excluding carboxylic acids is 1. The number of nitrogens with one attached hydrogen (secondary N) is 1. The second-order valence-corrected chi connectivity index (χ2v) is 5.09. The molecule has 110 valence electrons. The lowest BCUT2D eigenvalue weighted by Gasteiger charge is -2.31. The monoisotopic (exact) mass is 271 g/mol. The Labute approximate surface area is 114 Å². The molecule has 0 spiro atoms. The number of carbonyl (C=O) groups is 1. The molecule has 1 rings (SSSR count). The van der Waals surface area contributed by atoms with Gasteiger partial charge in [0.1, 0.15) is 5.41 Å². The first kappa shape index (κ1) is 15.8. The zero-order chi connectivity index (χ0) is 14.5. The van der Waals surface area contributed by atoms with Crippen molar-refractivity contribution in [3.05, 3.63) is 0 Å². The molecule has 2 atom stereocenters. The molecule has 2 unspecified atom stereocenters. The van der Waals surface area contributed by atoms with Crippen LogP contribution in [0.3, 0.4) is 0 Å². The first-order valence-electron chi connectivity index (χ1n) is 6.92. The number of oxime groups is 1. The highest BCUT2D eigenvalue weighted by atomic mass is 16.5. The first-order valence-corrected chi connectivity index (χ1v) is 6.92. The highest BCUT2D eigenvalue weighted by molar-refractivity contribution is 6.06. The van der Waals surface area contributed by atoms with Gasteiger partial charge in [-0.15, -0.1) is 0 Å². The molecular weight excluding hydrogens is 246 g/mol. The van der Waals surface area contributed by atoms with Crippen LogP contribution in [0, 0.1) is 5.41 Å². The van der Waals surface area contributed by atoms with Crippen molar-refractivity contribution < 1.29 is 14.7 Å². The van der Waals surface area contributed by atoms with Crippen LogP contribution in [0.2, 0.25) is 0 Å². The second-order valence-electron chi connectivity index (χ2n) is 5.09. The van der Waals surface area contributed by atoms with E-state index in [9.17, 15) is 4.79 Å². The SMILES string of the molecule is CCC(CC)(C(=O)NC(C)C1CCCO1)C(N)=NO. The Balaban J connectivity index is 2.77. The first-order chi connectivity index (χ1) is 9.01. The van der Waals surface area contributed by atoms with Crippen LogP contribution in [-0.4, -0.2) is 35.7 Å². The fourth-order valence-electron chi connectivity index (χ4n) is 2.58. The van der Waals surface area contributed by atoms with E-state index in [0.717, 1.165) is 19.4 Å². The molecule has 4 N–H and O–H groups in total. The van der Waals surface area contributed by atoms with Crippen molar-refractivity contribution in [3.63, 3.8) is 0 Å². The fourth-order valence-corrected chi connectivity index (χ4v) is 2.58. The van der Waals surface area contributed by atoms with Crippen LogP contribution in [0.15, 0.2) is 5.16 Å². The van der Waals surface area contributed by atoms with E-state index < -0.39 is 5.41 Å². The largest absolute Gasteiger partial charge is 0.409 e. The van der Waals surface area contributed by atoms with Gasteiger partial charge in [0, 0.05) is 6.61 Å². The van der Waals surface area contributed by atoms with Crippen LogP contribution in [0.25, 0.3) is 0 Å². The van der Waals surface area contributed by atoms with E-state index in [4.69, 9.17) is 15.7 Å². The maximum atomic E-state index is 12.5.